The lowest BCUT2D eigenvalue weighted by Gasteiger charge is -2.14. The average molecular weight is 398 g/mol. The lowest BCUT2D eigenvalue weighted by molar-refractivity contribution is 0.691. The van der Waals surface area contributed by atoms with Crippen LogP contribution >= 0.6 is 31.9 Å². The molecule has 0 spiro atoms. The molecule has 2 aromatic rings. The number of aromatic nitrogens is 3. The van der Waals surface area contributed by atoms with Gasteiger partial charge in [0.25, 0.3) is 0 Å². The fourth-order valence-corrected chi connectivity index (χ4v) is 3.54. The van der Waals surface area contributed by atoms with Gasteiger partial charge >= 0.3 is 0 Å². The molecule has 2 aromatic heterocycles. The van der Waals surface area contributed by atoms with E-state index in [1.165, 1.54) is 12.8 Å². The van der Waals surface area contributed by atoms with Crippen molar-refractivity contribution in [3.8, 4) is 11.5 Å². The third-order valence-electron chi connectivity index (χ3n) is 3.61. The number of rotatable bonds is 2. The van der Waals surface area contributed by atoms with E-state index in [9.17, 15) is 0 Å². The van der Waals surface area contributed by atoms with Crippen molar-refractivity contribution >= 4 is 37.7 Å². The molecule has 0 amide bonds. The maximum Gasteiger partial charge on any atom is 0.181 e. The van der Waals surface area contributed by atoms with Crippen LogP contribution in [0.1, 0.15) is 37.3 Å². The van der Waals surface area contributed by atoms with E-state index < -0.39 is 0 Å². The second-order valence-electron chi connectivity index (χ2n) is 4.95. The Morgan fingerprint density at radius 1 is 1.15 bits per heavy atom. The highest BCUT2D eigenvalue weighted by molar-refractivity contribution is 9.11. The van der Waals surface area contributed by atoms with Crippen molar-refractivity contribution in [2.75, 3.05) is 5.73 Å². The summed E-state index contributed by atoms with van der Waals surface area (Å²) in [7, 11) is 0. The second kappa shape index (κ2) is 5.77. The molecule has 2 heterocycles. The Kier molecular flexibility index (Phi) is 4.03. The fourth-order valence-electron chi connectivity index (χ4n) is 2.61. The zero-order chi connectivity index (χ0) is 14.1. The highest BCUT2D eigenvalue weighted by Crippen LogP contribution is 2.39. The number of nitrogens with zero attached hydrogens (tertiary/aromatic N) is 3. The lowest BCUT2D eigenvalue weighted by Crippen LogP contribution is -2.06. The van der Waals surface area contributed by atoms with Crippen molar-refractivity contribution in [2.24, 2.45) is 0 Å². The first-order chi connectivity index (χ1) is 9.66. The summed E-state index contributed by atoms with van der Waals surface area (Å²) >= 11 is 7.02. The monoisotopic (exact) mass is 396 g/mol. The predicted molar refractivity (Wildman–Crippen MR) is 86.3 cm³/mol. The zero-order valence-electron chi connectivity index (χ0n) is 10.8. The molecule has 6 heteroatoms. The van der Waals surface area contributed by atoms with Gasteiger partial charge in [0.15, 0.2) is 5.82 Å². The molecule has 1 fully saturated rings. The highest BCUT2D eigenvalue weighted by Gasteiger charge is 2.24. The number of nitrogen functional groups attached to an aromatic ring is 1. The number of pyridine rings is 1. The van der Waals surface area contributed by atoms with Crippen LogP contribution in [0.2, 0.25) is 0 Å². The molecule has 1 aliphatic carbocycles. The molecule has 0 unspecified atom stereocenters. The van der Waals surface area contributed by atoms with Gasteiger partial charge < -0.3 is 5.73 Å². The Hall–Kier alpha value is -1.01. The Morgan fingerprint density at radius 2 is 1.90 bits per heavy atom. The maximum absolute atomic E-state index is 6.04. The number of nitrogens with two attached hydrogens (primary N) is 1. The molecular weight excluding hydrogens is 384 g/mol. The van der Waals surface area contributed by atoms with Crippen LogP contribution in [0.4, 0.5) is 5.82 Å². The van der Waals surface area contributed by atoms with Crippen LogP contribution in [-0.2, 0) is 0 Å². The molecule has 0 atom stereocenters. The van der Waals surface area contributed by atoms with E-state index in [2.05, 4.69) is 41.8 Å². The minimum absolute atomic E-state index is 0.468. The molecule has 3 rings (SSSR count). The molecule has 1 saturated carbocycles. The summed E-state index contributed by atoms with van der Waals surface area (Å²) in [6, 6.07) is 3.80. The van der Waals surface area contributed by atoms with E-state index in [0.29, 0.717) is 17.6 Å². The van der Waals surface area contributed by atoms with E-state index in [1.54, 1.807) is 6.20 Å². The predicted octanol–water partition coefficient (Wildman–Crippen LogP) is 4.30. The maximum atomic E-state index is 6.04. The van der Waals surface area contributed by atoms with E-state index in [0.717, 1.165) is 33.2 Å². The molecule has 20 heavy (non-hydrogen) atoms. The van der Waals surface area contributed by atoms with Crippen molar-refractivity contribution in [1.29, 1.82) is 0 Å². The summed E-state index contributed by atoms with van der Waals surface area (Å²) in [6.07, 6.45) is 6.57. The van der Waals surface area contributed by atoms with Gasteiger partial charge in [0.2, 0.25) is 0 Å². The van der Waals surface area contributed by atoms with Gasteiger partial charge in [-0.1, -0.05) is 12.8 Å². The van der Waals surface area contributed by atoms with E-state index in [-0.39, 0.29) is 0 Å². The van der Waals surface area contributed by atoms with Gasteiger partial charge in [-0.25, -0.2) is 9.97 Å². The summed E-state index contributed by atoms with van der Waals surface area (Å²) in [5.41, 5.74) is 7.78. The Morgan fingerprint density at radius 3 is 2.60 bits per heavy atom. The molecule has 1 aliphatic rings. The van der Waals surface area contributed by atoms with Gasteiger partial charge in [-0.2, -0.15) is 0 Å². The van der Waals surface area contributed by atoms with Crippen LogP contribution in [0.25, 0.3) is 11.5 Å². The summed E-state index contributed by atoms with van der Waals surface area (Å²) in [6.45, 7) is 0. The van der Waals surface area contributed by atoms with Gasteiger partial charge in [-0.15, -0.1) is 0 Å². The SMILES string of the molecule is Nc1nc(-c2ncccc2Br)nc(C2CCCC2)c1Br. The first kappa shape index (κ1) is 13.9. The van der Waals surface area contributed by atoms with Crippen LogP contribution in [0.3, 0.4) is 0 Å². The molecule has 0 radical (unpaired) electrons. The Bertz CT molecular complexity index is 639. The smallest absolute Gasteiger partial charge is 0.181 e. The third kappa shape index (κ3) is 2.59. The number of anilines is 1. The minimum atomic E-state index is 0.468. The van der Waals surface area contributed by atoms with Crippen molar-refractivity contribution in [3.05, 3.63) is 33.0 Å². The zero-order valence-corrected chi connectivity index (χ0v) is 14.0. The molecule has 0 aliphatic heterocycles. The standard InChI is InChI=1S/C14H14Br2N4/c15-9-6-3-7-18-12(9)14-19-11(8-4-1-2-5-8)10(16)13(17)20-14/h3,6-8H,1-2,4-5H2,(H2,17,19,20). The minimum Gasteiger partial charge on any atom is -0.383 e. The summed E-state index contributed by atoms with van der Waals surface area (Å²) < 4.78 is 1.71. The van der Waals surface area contributed by atoms with Gasteiger partial charge in [0, 0.05) is 16.6 Å². The Balaban J connectivity index is 2.11. The summed E-state index contributed by atoms with van der Waals surface area (Å²) in [5.74, 6) is 1.53. The van der Waals surface area contributed by atoms with Crippen molar-refractivity contribution < 1.29 is 0 Å². The second-order valence-corrected chi connectivity index (χ2v) is 6.59. The van der Waals surface area contributed by atoms with Crippen LogP contribution in [0, 0.1) is 0 Å². The van der Waals surface area contributed by atoms with E-state index in [1.807, 2.05) is 12.1 Å². The highest BCUT2D eigenvalue weighted by atomic mass is 79.9. The molecule has 0 saturated heterocycles. The summed E-state index contributed by atoms with van der Waals surface area (Å²) in [4.78, 5) is 13.4. The van der Waals surface area contributed by atoms with Crippen molar-refractivity contribution in [2.45, 2.75) is 31.6 Å². The van der Waals surface area contributed by atoms with Gasteiger partial charge in [-0.3, -0.25) is 4.98 Å². The average Bonchev–Trinajstić information content (AvgIpc) is 2.96. The molecule has 0 bridgehead atoms. The Labute approximate surface area is 134 Å². The number of hydrogen-bond acceptors (Lipinski definition) is 4. The van der Waals surface area contributed by atoms with Crippen LogP contribution in [-0.4, -0.2) is 15.0 Å². The van der Waals surface area contributed by atoms with E-state index in [4.69, 9.17) is 10.7 Å². The van der Waals surface area contributed by atoms with Crippen molar-refractivity contribution in [3.63, 3.8) is 0 Å². The van der Waals surface area contributed by atoms with Gasteiger partial charge in [-0.05, 0) is 56.8 Å². The van der Waals surface area contributed by atoms with Gasteiger partial charge in [0.1, 0.15) is 11.5 Å². The normalized spacial score (nSPS) is 15.7. The van der Waals surface area contributed by atoms with Crippen LogP contribution < -0.4 is 5.73 Å². The van der Waals surface area contributed by atoms with E-state index >= 15 is 0 Å². The molecule has 2 N–H and O–H groups in total. The number of hydrogen-bond donors (Lipinski definition) is 1. The fraction of sp³-hybridized carbons (Fsp3) is 0.357. The largest absolute Gasteiger partial charge is 0.383 e. The first-order valence-corrected chi connectivity index (χ1v) is 8.19. The molecular formula is C14H14Br2N4. The van der Waals surface area contributed by atoms with Crippen LogP contribution in [0.15, 0.2) is 27.3 Å². The molecule has 4 nitrogen and oxygen atoms in total. The quantitative estimate of drug-likeness (QED) is 0.820. The lowest BCUT2D eigenvalue weighted by atomic mass is 10.0. The summed E-state index contributed by atoms with van der Waals surface area (Å²) in [5, 5.41) is 0. The number of halogens is 2. The molecule has 104 valence electrons. The topological polar surface area (TPSA) is 64.7 Å². The van der Waals surface area contributed by atoms with Gasteiger partial charge in [0.05, 0.1) is 10.2 Å². The first-order valence-electron chi connectivity index (χ1n) is 6.60. The molecule has 0 aromatic carbocycles. The van der Waals surface area contributed by atoms with Crippen molar-refractivity contribution in [1.82, 2.24) is 15.0 Å². The third-order valence-corrected chi connectivity index (χ3v) is 5.07. The van der Waals surface area contributed by atoms with Crippen LogP contribution in [0.5, 0.6) is 0 Å².